The lowest BCUT2D eigenvalue weighted by atomic mass is 9.75. The molecule has 0 radical (unpaired) electrons. The molecule has 0 heterocycles. The minimum atomic E-state index is 0.686. The second-order valence-corrected chi connectivity index (χ2v) is 5.74. The molecule has 0 aromatic heterocycles. The van der Waals surface area contributed by atoms with Crippen LogP contribution in [0.4, 0.5) is 0 Å². The zero-order chi connectivity index (χ0) is 13.6. The van der Waals surface area contributed by atoms with Gasteiger partial charge in [-0.3, -0.25) is 0 Å². The number of rotatable bonds is 3. The molecule has 3 rings (SSSR count). The van der Waals surface area contributed by atoms with Crippen LogP contribution >= 0.6 is 0 Å². The zero-order valence-corrected chi connectivity index (χ0v) is 11.9. The maximum absolute atomic E-state index is 2.44. The summed E-state index contributed by atoms with van der Waals surface area (Å²) < 4.78 is 0. The number of hydrogen-bond acceptors (Lipinski definition) is 0. The van der Waals surface area contributed by atoms with Gasteiger partial charge in [0.1, 0.15) is 0 Å². The smallest absolute Gasteiger partial charge is 0.00989 e. The van der Waals surface area contributed by atoms with Crippen molar-refractivity contribution in [1.29, 1.82) is 0 Å². The van der Waals surface area contributed by atoms with E-state index in [1.54, 1.807) is 0 Å². The Bertz CT molecular complexity index is 539. The minimum absolute atomic E-state index is 0.686. The fourth-order valence-electron chi connectivity index (χ4n) is 3.30. The molecule has 0 saturated heterocycles. The third-order valence-electron chi connectivity index (χ3n) is 4.38. The van der Waals surface area contributed by atoms with Crippen LogP contribution in [0.5, 0.6) is 0 Å². The largest absolute Gasteiger partial charge is 0.0802 e. The van der Waals surface area contributed by atoms with Crippen molar-refractivity contribution in [3.63, 3.8) is 0 Å². The monoisotopic (exact) mass is 262 g/mol. The van der Waals surface area contributed by atoms with Crippen molar-refractivity contribution in [2.75, 3.05) is 0 Å². The summed E-state index contributed by atoms with van der Waals surface area (Å²) in [6, 6.07) is 21.7. The van der Waals surface area contributed by atoms with Crippen molar-refractivity contribution in [2.45, 2.75) is 31.6 Å². The minimum Gasteiger partial charge on any atom is -0.0802 e. The summed E-state index contributed by atoms with van der Waals surface area (Å²) in [5, 5.41) is 0. The average molecular weight is 262 g/mol. The Balaban J connectivity index is 1.78. The molecule has 102 valence electrons. The lowest BCUT2D eigenvalue weighted by Gasteiger charge is -2.30. The van der Waals surface area contributed by atoms with Crippen LogP contribution in [-0.2, 0) is 0 Å². The quantitative estimate of drug-likeness (QED) is 0.668. The van der Waals surface area contributed by atoms with Gasteiger partial charge in [0, 0.05) is 0 Å². The Labute approximate surface area is 122 Å². The molecule has 2 aromatic carbocycles. The average Bonchev–Trinajstić information content (AvgIpc) is 2.55. The maximum Gasteiger partial charge on any atom is -0.00989 e. The summed E-state index contributed by atoms with van der Waals surface area (Å²) in [6.45, 7) is 0. The molecule has 2 atom stereocenters. The van der Waals surface area contributed by atoms with E-state index < -0.39 is 0 Å². The van der Waals surface area contributed by atoms with Gasteiger partial charge >= 0.3 is 0 Å². The van der Waals surface area contributed by atoms with Crippen LogP contribution in [0.2, 0.25) is 0 Å². The van der Waals surface area contributed by atoms with Gasteiger partial charge in [-0.05, 0) is 35.8 Å². The summed E-state index contributed by atoms with van der Waals surface area (Å²) in [6.07, 6.45) is 10.1. The molecule has 0 aliphatic heterocycles. The van der Waals surface area contributed by atoms with Crippen LogP contribution in [0.25, 0.3) is 6.08 Å². The van der Waals surface area contributed by atoms with E-state index >= 15 is 0 Å². The van der Waals surface area contributed by atoms with E-state index in [1.165, 1.54) is 36.8 Å². The summed E-state index contributed by atoms with van der Waals surface area (Å²) in [5.74, 6) is 1.39. The molecule has 1 aliphatic carbocycles. The number of hydrogen-bond donors (Lipinski definition) is 0. The van der Waals surface area contributed by atoms with Crippen LogP contribution in [-0.4, -0.2) is 0 Å². The van der Waals surface area contributed by atoms with Gasteiger partial charge in [0.25, 0.3) is 0 Å². The first kappa shape index (κ1) is 13.2. The van der Waals surface area contributed by atoms with Crippen molar-refractivity contribution in [3.05, 3.63) is 77.9 Å². The van der Waals surface area contributed by atoms with Crippen molar-refractivity contribution in [3.8, 4) is 0 Å². The van der Waals surface area contributed by atoms with Gasteiger partial charge in [0.15, 0.2) is 0 Å². The molecule has 0 spiro atoms. The third kappa shape index (κ3) is 3.19. The van der Waals surface area contributed by atoms with E-state index in [2.05, 4.69) is 72.8 Å². The van der Waals surface area contributed by atoms with Crippen LogP contribution < -0.4 is 0 Å². The fraction of sp³-hybridized carbons (Fsp3) is 0.300. The van der Waals surface area contributed by atoms with Crippen molar-refractivity contribution < 1.29 is 0 Å². The van der Waals surface area contributed by atoms with Crippen LogP contribution in [0.3, 0.4) is 0 Å². The fourth-order valence-corrected chi connectivity index (χ4v) is 3.30. The normalized spacial score (nSPS) is 23.0. The Morgan fingerprint density at radius 3 is 2.15 bits per heavy atom. The molecule has 2 aromatic rings. The van der Waals surface area contributed by atoms with E-state index in [0.717, 1.165) is 0 Å². The van der Waals surface area contributed by atoms with E-state index in [1.807, 2.05) is 0 Å². The van der Waals surface area contributed by atoms with Crippen molar-refractivity contribution in [2.24, 2.45) is 5.92 Å². The van der Waals surface area contributed by atoms with Gasteiger partial charge in [0.2, 0.25) is 0 Å². The molecule has 1 aliphatic rings. The maximum atomic E-state index is 2.44. The lowest BCUT2D eigenvalue weighted by molar-refractivity contribution is 0.363. The Morgan fingerprint density at radius 1 is 0.750 bits per heavy atom. The summed E-state index contributed by atoms with van der Waals surface area (Å²) in [5.41, 5.74) is 2.82. The standard InChI is InChI=1S/C20H22/c1-3-9-17(10-4-1)15-16-19-13-7-8-14-20(19)18-11-5-2-6-12-18/h1-6,9-12,15-16,19-20H,7-8,13-14H2/b16-15+/t19-,20-/m1/s1. The highest BCUT2D eigenvalue weighted by molar-refractivity contribution is 5.49. The molecule has 20 heavy (non-hydrogen) atoms. The van der Waals surface area contributed by atoms with Crippen molar-refractivity contribution >= 4 is 6.08 Å². The van der Waals surface area contributed by atoms with Gasteiger partial charge in [0.05, 0.1) is 0 Å². The highest BCUT2D eigenvalue weighted by Gasteiger charge is 2.24. The van der Waals surface area contributed by atoms with Gasteiger partial charge in [-0.25, -0.2) is 0 Å². The lowest BCUT2D eigenvalue weighted by Crippen LogP contribution is -2.15. The topological polar surface area (TPSA) is 0 Å². The molecule has 0 nitrogen and oxygen atoms in total. The Kier molecular flexibility index (Phi) is 4.32. The molecule has 0 amide bonds. The van der Waals surface area contributed by atoms with Crippen LogP contribution in [0.15, 0.2) is 66.7 Å². The number of benzene rings is 2. The SMILES string of the molecule is C(=C\[C@H]1CCCC[C@@H]1c1ccccc1)/c1ccccc1. The second kappa shape index (κ2) is 6.56. The first-order chi connectivity index (χ1) is 9.93. The molecule has 1 fully saturated rings. The van der Waals surface area contributed by atoms with Gasteiger partial charge < -0.3 is 0 Å². The van der Waals surface area contributed by atoms with Crippen LogP contribution in [0.1, 0.15) is 42.7 Å². The second-order valence-electron chi connectivity index (χ2n) is 5.74. The molecule has 0 bridgehead atoms. The Morgan fingerprint density at radius 2 is 1.40 bits per heavy atom. The predicted octanol–water partition coefficient (Wildman–Crippen LogP) is 5.67. The van der Waals surface area contributed by atoms with Crippen molar-refractivity contribution in [1.82, 2.24) is 0 Å². The van der Waals surface area contributed by atoms with E-state index in [0.29, 0.717) is 11.8 Å². The summed E-state index contributed by atoms with van der Waals surface area (Å²) >= 11 is 0. The molecule has 0 N–H and O–H groups in total. The number of allylic oxidation sites excluding steroid dienone is 1. The first-order valence-electron chi connectivity index (χ1n) is 7.72. The van der Waals surface area contributed by atoms with Gasteiger partial charge in [-0.2, -0.15) is 0 Å². The summed E-state index contributed by atoms with van der Waals surface area (Å²) in [4.78, 5) is 0. The molecule has 1 saturated carbocycles. The zero-order valence-electron chi connectivity index (χ0n) is 11.9. The first-order valence-corrected chi connectivity index (χ1v) is 7.72. The predicted molar refractivity (Wildman–Crippen MR) is 86.6 cm³/mol. The molecule has 0 unspecified atom stereocenters. The molecular weight excluding hydrogens is 240 g/mol. The van der Waals surface area contributed by atoms with Gasteiger partial charge in [-0.15, -0.1) is 0 Å². The third-order valence-corrected chi connectivity index (χ3v) is 4.38. The van der Waals surface area contributed by atoms with E-state index in [9.17, 15) is 0 Å². The van der Waals surface area contributed by atoms with E-state index in [4.69, 9.17) is 0 Å². The highest BCUT2D eigenvalue weighted by atomic mass is 14.3. The summed E-state index contributed by atoms with van der Waals surface area (Å²) in [7, 11) is 0. The highest BCUT2D eigenvalue weighted by Crippen LogP contribution is 2.38. The molecular formula is C20H22. The Hall–Kier alpha value is -1.82. The molecule has 0 heteroatoms. The van der Waals surface area contributed by atoms with E-state index in [-0.39, 0.29) is 0 Å². The van der Waals surface area contributed by atoms with Crippen LogP contribution in [0, 0.1) is 5.92 Å². The van der Waals surface area contributed by atoms with Gasteiger partial charge in [-0.1, -0.05) is 85.7 Å².